The molecule has 0 aromatic heterocycles. The summed E-state index contributed by atoms with van der Waals surface area (Å²) in [5.41, 5.74) is 2.47. The maximum Gasteiger partial charge on any atom is 0.217 e. The number of nitrogens with one attached hydrogen (secondary N) is 2. The summed E-state index contributed by atoms with van der Waals surface area (Å²) in [6, 6.07) is 6.05. The molecule has 0 spiro atoms. The summed E-state index contributed by atoms with van der Waals surface area (Å²) < 4.78 is 0. The highest BCUT2D eigenvalue weighted by atomic mass is 35.5. The smallest absolute Gasteiger partial charge is 0.217 e. The van der Waals surface area contributed by atoms with Crippen molar-refractivity contribution in [2.45, 2.75) is 38.6 Å². The minimum absolute atomic E-state index is 0. The first-order valence-electron chi connectivity index (χ1n) is 6.85. The van der Waals surface area contributed by atoms with Crippen molar-refractivity contribution in [2.24, 2.45) is 0 Å². The molecular formula is C15H22Cl2N2O. The molecule has 1 atom stereocenters. The Morgan fingerprint density at radius 3 is 2.65 bits per heavy atom. The van der Waals surface area contributed by atoms with Gasteiger partial charge in [0.15, 0.2) is 0 Å². The zero-order valence-electron chi connectivity index (χ0n) is 11.9. The Morgan fingerprint density at radius 1 is 1.40 bits per heavy atom. The number of rotatable bonds is 3. The SMILES string of the molecule is CC(=O)N[C@@H](C)c1cc(Cl)ccc1C1CCNCC1.Cl. The number of amides is 1. The highest BCUT2D eigenvalue weighted by Crippen LogP contribution is 2.32. The summed E-state index contributed by atoms with van der Waals surface area (Å²) in [5.74, 6) is 0.550. The van der Waals surface area contributed by atoms with Crippen LogP contribution in [0.3, 0.4) is 0 Å². The third-order valence-electron chi connectivity index (χ3n) is 3.71. The molecule has 0 aliphatic carbocycles. The van der Waals surface area contributed by atoms with Crippen molar-refractivity contribution >= 4 is 29.9 Å². The van der Waals surface area contributed by atoms with E-state index in [9.17, 15) is 4.79 Å². The average molecular weight is 317 g/mol. The van der Waals surface area contributed by atoms with Gasteiger partial charge in [-0.3, -0.25) is 4.79 Å². The fourth-order valence-electron chi connectivity index (χ4n) is 2.81. The number of halogens is 2. The lowest BCUT2D eigenvalue weighted by atomic mass is 9.85. The van der Waals surface area contributed by atoms with Gasteiger partial charge in [0.05, 0.1) is 6.04 Å². The fraction of sp³-hybridized carbons (Fsp3) is 0.533. The van der Waals surface area contributed by atoms with Crippen molar-refractivity contribution in [1.29, 1.82) is 0 Å². The third kappa shape index (κ3) is 4.37. The van der Waals surface area contributed by atoms with Gasteiger partial charge in [-0.1, -0.05) is 17.7 Å². The van der Waals surface area contributed by atoms with Gasteiger partial charge < -0.3 is 10.6 Å². The monoisotopic (exact) mass is 316 g/mol. The summed E-state index contributed by atoms with van der Waals surface area (Å²) in [6.07, 6.45) is 2.28. The first kappa shape index (κ1) is 17.3. The lowest BCUT2D eigenvalue weighted by molar-refractivity contribution is -0.119. The largest absolute Gasteiger partial charge is 0.350 e. The third-order valence-corrected chi connectivity index (χ3v) is 3.95. The minimum atomic E-state index is -0.0104. The standard InChI is InChI=1S/C15H21ClN2O.ClH/c1-10(18-11(2)19)15-9-13(16)3-4-14(15)12-5-7-17-8-6-12;/h3-4,9-10,12,17H,5-8H2,1-2H3,(H,18,19);1H/t10-;/m0./s1. The number of hydrogen-bond acceptors (Lipinski definition) is 2. The summed E-state index contributed by atoms with van der Waals surface area (Å²) >= 11 is 6.11. The molecule has 112 valence electrons. The molecule has 1 aromatic carbocycles. The van der Waals surface area contributed by atoms with Gasteiger partial charge in [0, 0.05) is 11.9 Å². The summed E-state index contributed by atoms with van der Waals surface area (Å²) in [5, 5.41) is 7.06. The van der Waals surface area contributed by atoms with Gasteiger partial charge in [0.2, 0.25) is 5.91 Å². The van der Waals surface area contributed by atoms with Crippen LogP contribution < -0.4 is 10.6 Å². The molecule has 0 radical (unpaired) electrons. The van der Waals surface area contributed by atoms with E-state index < -0.39 is 0 Å². The minimum Gasteiger partial charge on any atom is -0.350 e. The number of benzene rings is 1. The van der Waals surface area contributed by atoms with E-state index >= 15 is 0 Å². The Balaban J connectivity index is 0.00000200. The predicted octanol–water partition coefficient (Wildman–Crippen LogP) is 3.43. The molecule has 1 saturated heterocycles. The van der Waals surface area contributed by atoms with Gasteiger partial charge in [-0.15, -0.1) is 12.4 Å². The molecule has 2 N–H and O–H groups in total. The van der Waals surface area contributed by atoms with Crippen LogP contribution in [0.15, 0.2) is 18.2 Å². The van der Waals surface area contributed by atoms with Crippen LogP contribution in [-0.4, -0.2) is 19.0 Å². The molecular weight excluding hydrogens is 295 g/mol. The second-order valence-electron chi connectivity index (χ2n) is 5.22. The number of hydrogen-bond donors (Lipinski definition) is 2. The number of carbonyl (C=O) groups excluding carboxylic acids is 1. The van der Waals surface area contributed by atoms with Crippen LogP contribution in [-0.2, 0) is 4.79 Å². The van der Waals surface area contributed by atoms with Gasteiger partial charge in [-0.05, 0) is 62.0 Å². The first-order valence-corrected chi connectivity index (χ1v) is 7.23. The van der Waals surface area contributed by atoms with Crippen LogP contribution in [0.5, 0.6) is 0 Å². The van der Waals surface area contributed by atoms with E-state index in [1.807, 2.05) is 19.1 Å². The van der Waals surface area contributed by atoms with E-state index in [1.54, 1.807) is 6.92 Å². The van der Waals surface area contributed by atoms with E-state index in [0.29, 0.717) is 5.92 Å². The van der Waals surface area contributed by atoms with Crippen LogP contribution in [0.25, 0.3) is 0 Å². The normalized spacial score (nSPS) is 17.1. The van der Waals surface area contributed by atoms with Gasteiger partial charge >= 0.3 is 0 Å². The molecule has 1 heterocycles. The zero-order chi connectivity index (χ0) is 13.8. The topological polar surface area (TPSA) is 41.1 Å². The van der Waals surface area contributed by atoms with Crippen molar-refractivity contribution in [1.82, 2.24) is 10.6 Å². The molecule has 0 saturated carbocycles. The van der Waals surface area contributed by atoms with Gasteiger partial charge in [0.25, 0.3) is 0 Å². The first-order chi connectivity index (χ1) is 9.08. The molecule has 0 unspecified atom stereocenters. The quantitative estimate of drug-likeness (QED) is 0.897. The molecule has 1 aliphatic heterocycles. The van der Waals surface area contributed by atoms with Gasteiger partial charge in [-0.25, -0.2) is 0 Å². The highest BCUT2D eigenvalue weighted by molar-refractivity contribution is 6.30. The van der Waals surface area contributed by atoms with E-state index in [-0.39, 0.29) is 24.4 Å². The second kappa shape index (κ2) is 7.87. The highest BCUT2D eigenvalue weighted by Gasteiger charge is 2.21. The Bertz CT molecular complexity index is 459. The average Bonchev–Trinajstić information content (AvgIpc) is 2.39. The molecule has 3 nitrogen and oxygen atoms in total. The maximum absolute atomic E-state index is 11.2. The van der Waals surface area contributed by atoms with Crippen molar-refractivity contribution in [2.75, 3.05) is 13.1 Å². The number of carbonyl (C=O) groups is 1. The van der Waals surface area contributed by atoms with Crippen LogP contribution in [0, 0.1) is 0 Å². The van der Waals surface area contributed by atoms with Crippen molar-refractivity contribution in [3.8, 4) is 0 Å². The predicted molar refractivity (Wildman–Crippen MR) is 85.8 cm³/mol. The van der Waals surface area contributed by atoms with Crippen LogP contribution in [0.1, 0.15) is 49.8 Å². The zero-order valence-corrected chi connectivity index (χ0v) is 13.5. The summed E-state index contributed by atoms with van der Waals surface area (Å²) in [6.45, 7) is 5.67. The molecule has 0 bridgehead atoms. The van der Waals surface area contributed by atoms with E-state index in [1.165, 1.54) is 5.56 Å². The van der Waals surface area contributed by atoms with Crippen molar-refractivity contribution in [3.05, 3.63) is 34.3 Å². The molecule has 5 heteroatoms. The van der Waals surface area contributed by atoms with Gasteiger partial charge in [0.1, 0.15) is 0 Å². The van der Waals surface area contributed by atoms with Crippen LogP contribution in [0.2, 0.25) is 5.02 Å². The van der Waals surface area contributed by atoms with Gasteiger partial charge in [-0.2, -0.15) is 0 Å². The molecule has 1 fully saturated rings. The molecule has 1 amide bonds. The van der Waals surface area contributed by atoms with Crippen molar-refractivity contribution in [3.63, 3.8) is 0 Å². The van der Waals surface area contributed by atoms with E-state index in [4.69, 9.17) is 11.6 Å². The Kier molecular flexibility index (Phi) is 6.80. The van der Waals surface area contributed by atoms with E-state index in [0.717, 1.165) is 36.5 Å². The maximum atomic E-state index is 11.2. The lowest BCUT2D eigenvalue weighted by Crippen LogP contribution is -2.29. The number of piperidine rings is 1. The molecule has 1 aliphatic rings. The Hall–Kier alpha value is -0.770. The lowest BCUT2D eigenvalue weighted by Gasteiger charge is -2.27. The summed E-state index contributed by atoms with van der Waals surface area (Å²) in [4.78, 5) is 11.2. The molecule has 1 aromatic rings. The van der Waals surface area contributed by atoms with Crippen LogP contribution >= 0.6 is 24.0 Å². The molecule has 20 heavy (non-hydrogen) atoms. The Labute approximate surface area is 131 Å². The second-order valence-corrected chi connectivity index (χ2v) is 5.66. The van der Waals surface area contributed by atoms with Crippen molar-refractivity contribution < 1.29 is 4.79 Å². The van der Waals surface area contributed by atoms with E-state index in [2.05, 4.69) is 16.7 Å². The Morgan fingerprint density at radius 2 is 2.05 bits per heavy atom. The molecule has 2 rings (SSSR count). The summed E-state index contributed by atoms with van der Waals surface area (Å²) in [7, 11) is 0. The van der Waals surface area contributed by atoms with Crippen LogP contribution in [0.4, 0.5) is 0 Å². The fourth-order valence-corrected chi connectivity index (χ4v) is 2.99.